The molecule has 89 heavy (non-hydrogen) atoms. The molecular formula is C84H77BN4. The van der Waals surface area contributed by atoms with Gasteiger partial charge in [0, 0.05) is 74.0 Å². The molecule has 2 heterocycles. The van der Waals surface area contributed by atoms with Gasteiger partial charge in [-0.05, 0) is 160 Å². The number of benzene rings is 11. The van der Waals surface area contributed by atoms with Crippen molar-refractivity contribution in [3.05, 3.63) is 279 Å². The number of fused-ring (bicyclic) bond motifs is 4. The SMILES string of the molecule is c1ccc(-c2cc3c4c(c2)N(C2C(C5CCCCC5)CCCC2C2CCCCC2)c2cc(N(c5ccccc5)c5ccccc5)ccc2B4c2ccc(N(c4ccccc4)c4ccccc4)cc2N3c2c(-c3ccccc3)cccc2-c2ccccc2)cc1. The number of hydrogen-bond acceptors (Lipinski definition) is 4. The van der Waals surface area contributed by atoms with E-state index in [1.165, 1.54) is 167 Å². The first-order valence-corrected chi connectivity index (χ1v) is 33.4. The number of para-hydroxylation sites is 5. The van der Waals surface area contributed by atoms with Gasteiger partial charge in [0.25, 0.3) is 6.71 Å². The van der Waals surface area contributed by atoms with Crippen LogP contribution in [0.1, 0.15) is 83.5 Å². The molecule has 0 saturated heterocycles. The Kier molecular flexibility index (Phi) is 15.0. The fourth-order valence-corrected chi connectivity index (χ4v) is 17.1. The molecule has 5 aliphatic rings. The van der Waals surface area contributed by atoms with Gasteiger partial charge in [0.15, 0.2) is 0 Å². The molecule has 436 valence electrons. The summed E-state index contributed by atoms with van der Waals surface area (Å²) in [6.45, 7) is -0.0943. The number of anilines is 11. The normalized spacial score (nSPS) is 18.2. The van der Waals surface area contributed by atoms with Crippen LogP contribution in [0.3, 0.4) is 0 Å². The van der Waals surface area contributed by atoms with E-state index in [1.54, 1.807) is 0 Å². The average molecular weight is 1150 g/mol. The van der Waals surface area contributed by atoms with E-state index in [0.717, 1.165) is 28.4 Å². The van der Waals surface area contributed by atoms with Crippen LogP contribution in [0.25, 0.3) is 33.4 Å². The third kappa shape index (κ3) is 10.2. The lowest BCUT2D eigenvalue weighted by atomic mass is 9.33. The summed E-state index contributed by atoms with van der Waals surface area (Å²) in [6, 6.07) is 106. The van der Waals surface area contributed by atoms with E-state index in [-0.39, 0.29) is 6.71 Å². The molecule has 2 unspecified atom stereocenters. The molecule has 3 fully saturated rings. The van der Waals surface area contributed by atoms with Crippen LogP contribution in [0.5, 0.6) is 0 Å². The summed E-state index contributed by atoms with van der Waals surface area (Å²) >= 11 is 0. The second-order valence-electron chi connectivity index (χ2n) is 25.9. The van der Waals surface area contributed by atoms with Gasteiger partial charge in [0.05, 0.1) is 5.69 Å². The maximum Gasteiger partial charge on any atom is 0.252 e. The van der Waals surface area contributed by atoms with Gasteiger partial charge in [0.1, 0.15) is 0 Å². The van der Waals surface area contributed by atoms with Crippen molar-refractivity contribution in [1.82, 2.24) is 0 Å². The van der Waals surface area contributed by atoms with Crippen molar-refractivity contribution in [2.45, 2.75) is 89.5 Å². The third-order valence-electron chi connectivity index (χ3n) is 20.9. The van der Waals surface area contributed by atoms with Crippen LogP contribution in [0, 0.1) is 23.7 Å². The molecule has 0 amide bonds. The van der Waals surface area contributed by atoms with Gasteiger partial charge in [-0.25, -0.2) is 0 Å². The van der Waals surface area contributed by atoms with Crippen LogP contribution < -0.4 is 36.0 Å². The highest BCUT2D eigenvalue weighted by Crippen LogP contribution is 2.56. The van der Waals surface area contributed by atoms with Crippen molar-refractivity contribution in [1.29, 1.82) is 0 Å². The molecule has 0 radical (unpaired) electrons. The van der Waals surface area contributed by atoms with Crippen molar-refractivity contribution >= 4 is 85.7 Å². The topological polar surface area (TPSA) is 13.0 Å². The second kappa shape index (κ2) is 24.3. The van der Waals surface area contributed by atoms with Crippen LogP contribution in [0.15, 0.2) is 279 Å². The standard InChI is InChI=1S/C84H77BN4/c1-10-30-60(31-11-1)65-56-80-82-81(57-65)89(84-74(63-36-16-4-17-37-63)50-29-51-75(84)64-38-18-5-19-39-64)79-59-71(87(68-44-24-8-25-45-68)69-46-26-9-27-47-69)53-55-77(79)85(82)76-54-52-70(86(66-40-20-6-21-41-66)67-42-22-7-23-43-67)58-78(76)88(80)83-72(61-32-12-2-13-33-61)48-28-49-73(83)62-34-14-3-15-35-62/h1-3,6-15,20-28,30-35,40-49,52-59,63-64,74-75,84H,4-5,16-19,29,36-39,50-51H2. The molecule has 0 N–H and O–H groups in total. The van der Waals surface area contributed by atoms with E-state index in [2.05, 4.69) is 299 Å². The minimum Gasteiger partial charge on any atom is -0.339 e. The predicted octanol–water partition coefficient (Wildman–Crippen LogP) is 21.3. The second-order valence-corrected chi connectivity index (χ2v) is 25.9. The van der Waals surface area contributed by atoms with Crippen molar-refractivity contribution in [2.24, 2.45) is 23.7 Å². The molecule has 5 heteroatoms. The van der Waals surface area contributed by atoms with Crippen molar-refractivity contribution < 1.29 is 0 Å². The molecule has 11 aromatic carbocycles. The van der Waals surface area contributed by atoms with Gasteiger partial charge in [-0.2, -0.15) is 0 Å². The molecule has 0 spiro atoms. The molecule has 0 bridgehead atoms. The molecule has 16 rings (SSSR count). The van der Waals surface area contributed by atoms with E-state index < -0.39 is 0 Å². The minimum absolute atomic E-state index is 0.0943. The monoisotopic (exact) mass is 1150 g/mol. The lowest BCUT2D eigenvalue weighted by Crippen LogP contribution is -2.64. The van der Waals surface area contributed by atoms with Crippen LogP contribution in [-0.4, -0.2) is 12.8 Å². The maximum absolute atomic E-state index is 3.08. The first-order chi connectivity index (χ1) is 44.2. The van der Waals surface area contributed by atoms with Crippen LogP contribution in [0.2, 0.25) is 0 Å². The number of hydrogen-bond donors (Lipinski definition) is 0. The molecule has 2 atom stereocenters. The highest BCUT2D eigenvalue weighted by Gasteiger charge is 2.51. The predicted molar refractivity (Wildman–Crippen MR) is 378 cm³/mol. The Bertz CT molecular complexity index is 4060. The van der Waals surface area contributed by atoms with E-state index in [0.29, 0.717) is 29.7 Å². The first kappa shape index (κ1) is 55.0. The molecular weight excluding hydrogens is 1080 g/mol. The van der Waals surface area contributed by atoms with Crippen molar-refractivity contribution in [3.8, 4) is 33.4 Å². The van der Waals surface area contributed by atoms with E-state index >= 15 is 0 Å². The van der Waals surface area contributed by atoms with Gasteiger partial charge in [0.2, 0.25) is 0 Å². The highest BCUT2D eigenvalue weighted by molar-refractivity contribution is 7.00. The van der Waals surface area contributed by atoms with Crippen molar-refractivity contribution in [2.75, 3.05) is 19.6 Å². The zero-order chi connectivity index (χ0) is 59.0. The largest absolute Gasteiger partial charge is 0.339 e. The Balaban J connectivity index is 1.04. The Morgan fingerprint density at radius 3 is 1.13 bits per heavy atom. The molecule has 4 nitrogen and oxygen atoms in total. The quantitative estimate of drug-likeness (QED) is 0.107. The van der Waals surface area contributed by atoms with E-state index in [9.17, 15) is 0 Å². The van der Waals surface area contributed by atoms with E-state index in [1.807, 2.05) is 0 Å². The zero-order valence-corrected chi connectivity index (χ0v) is 51.0. The maximum atomic E-state index is 3.08. The summed E-state index contributed by atoms with van der Waals surface area (Å²) in [6.07, 6.45) is 17.4. The van der Waals surface area contributed by atoms with Gasteiger partial charge in [-0.1, -0.05) is 265 Å². The Morgan fingerprint density at radius 2 is 0.685 bits per heavy atom. The van der Waals surface area contributed by atoms with Gasteiger partial charge in [-0.15, -0.1) is 0 Å². The van der Waals surface area contributed by atoms with Crippen molar-refractivity contribution in [3.63, 3.8) is 0 Å². The van der Waals surface area contributed by atoms with Crippen LogP contribution in [-0.2, 0) is 0 Å². The minimum atomic E-state index is -0.0943. The molecule has 0 aromatic heterocycles. The summed E-state index contributed by atoms with van der Waals surface area (Å²) in [4.78, 5) is 10.8. The molecule has 2 aliphatic heterocycles. The summed E-state index contributed by atoms with van der Waals surface area (Å²) in [5.74, 6) is 2.53. The average Bonchev–Trinajstić information content (AvgIpc) is 0.706. The smallest absolute Gasteiger partial charge is 0.252 e. The summed E-state index contributed by atoms with van der Waals surface area (Å²) in [5, 5.41) is 0. The van der Waals surface area contributed by atoms with Gasteiger partial charge < -0.3 is 19.6 Å². The van der Waals surface area contributed by atoms with Gasteiger partial charge in [-0.3, -0.25) is 0 Å². The van der Waals surface area contributed by atoms with Crippen LogP contribution >= 0.6 is 0 Å². The number of rotatable bonds is 13. The number of nitrogens with zero attached hydrogens (tertiary/aromatic N) is 4. The van der Waals surface area contributed by atoms with E-state index in [4.69, 9.17) is 0 Å². The fourth-order valence-electron chi connectivity index (χ4n) is 17.1. The molecule has 11 aromatic rings. The lowest BCUT2D eigenvalue weighted by Gasteiger charge is -2.55. The molecule has 3 saturated carbocycles. The first-order valence-electron chi connectivity index (χ1n) is 33.4. The summed E-state index contributed by atoms with van der Waals surface area (Å²) < 4.78 is 0. The zero-order valence-electron chi connectivity index (χ0n) is 51.0. The highest BCUT2D eigenvalue weighted by atomic mass is 15.2. The Labute approximate surface area is 527 Å². The van der Waals surface area contributed by atoms with Gasteiger partial charge >= 0.3 is 0 Å². The third-order valence-corrected chi connectivity index (χ3v) is 20.9. The summed E-state index contributed by atoms with van der Waals surface area (Å²) in [7, 11) is 0. The molecule has 3 aliphatic carbocycles. The lowest BCUT2D eigenvalue weighted by molar-refractivity contribution is 0.0839. The Hall–Kier alpha value is -9.32. The Morgan fingerprint density at radius 1 is 0.292 bits per heavy atom. The van der Waals surface area contributed by atoms with Crippen LogP contribution in [0.4, 0.5) is 62.6 Å². The summed E-state index contributed by atoms with van der Waals surface area (Å²) in [5.41, 5.74) is 24.6. The fraction of sp³-hybridized carbons (Fsp3) is 0.214.